The summed E-state index contributed by atoms with van der Waals surface area (Å²) in [5.41, 5.74) is -0.844. The average Bonchev–Trinajstić information content (AvgIpc) is 4.08. The van der Waals surface area contributed by atoms with Gasteiger partial charge in [0, 0.05) is 31.4 Å². The lowest BCUT2D eigenvalue weighted by atomic mass is 9.90. The number of nitrogens with zero attached hydrogens (tertiary/aromatic N) is 3. The molecule has 4 fully saturated rings. The number of carbonyl (C=O) groups excluding carboxylic acids is 4. The molecule has 14 heteroatoms. The summed E-state index contributed by atoms with van der Waals surface area (Å²) in [4.78, 5) is 76.7. The van der Waals surface area contributed by atoms with Crippen LogP contribution in [0.3, 0.4) is 0 Å². The van der Waals surface area contributed by atoms with Crippen LogP contribution in [0.2, 0.25) is 0 Å². The fraction of sp³-hybridized carbons (Fsp3) is 0.628. The Morgan fingerprint density at radius 2 is 1.88 bits per heavy atom. The van der Waals surface area contributed by atoms with Gasteiger partial charge >= 0.3 is 5.97 Å². The molecule has 13 nitrogen and oxygen atoms in total. The molecule has 308 valence electrons. The summed E-state index contributed by atoms with van der Waals surface area (Å²) < 4.78 is 42.0. The van der Waals surface area contributed by atoms with Crippen molar-refractivity contribution >= 4 is 39.2 Å². The van der Waals surface area contributed by atoms with E-state index in [-0.39, 0.29) is 68.0 Å². The standard InChI is InChI=1S/C43H56N4O9S/c1-3-5-6-8-15-29-23-38(49)56-36-18-13-16-28(36)14-9-7-10-17-33-39(44-37-19-11-12-22-46(37)41(33)51)55-31-24-34(47(27-31)40(29)50)35(48)26-43(25-30(43)4-2)42(52)45-57(53,54)32-20-21-32/h4,7,10-12,19,22,28-32,34,36H,2-3,5-6,8-9,13-18,20-21,23-27H2,1H3,(H,45,52)/b10-7+/t28-,29-,30+,31-,34+,36-,43-/m1/s1. The summed E-state index contributed by atoms with van der Waals surface area (Å²) in [5, 5.41) is -0.619. The van der Waals surface area contributed by atoms with Gasteiger partial charge in [-0.1, -0.05) is 56.9 Å². The van der Waals surface area contributed by atoms with E-state index in [2.05, 4.69) is 18.2 Å². The smallest absolute Gasteiger partial charge is 0.306 e. The first-order valence-electron chi connectivity index (χ1n) is 21.0. The number of pyridine rings is 1. The van der Waals surface area contributed by atoms with Crippen LogP contribution in [0, 0.1) is 23.2 Å². The van der Waals surface area contributed by atoms with E-state index in [1.807, 2.05) is 12.2 Å². The third-order valence-corrected chi connectivity index (χ3v) is 14.6. The normalized spacial score (nSPS) is 29.9. The Morgan fingerprint density at radius 1 is 1.05 bits per heavy atom. The molecule has 7 rings (SSSR count). The number of hydrogen-bond donors (Lipinski definition) is 1. The lowest BCUT2D eigenvalue weighted by Gasteiger charge is -2.29. The number of sulfonamides is 1. The first-order chi connectivity index (χ1) is 27.4. The van der Waals surface area contributed by atoms with Gasteiger partial charge in [-0.3, -0.25) is 33.1 Å². The van der Waals surface area contributed by atoms with Crippen LogP contribution in [0.5, 0.6) is 5.88 Å². The average molecular weight is 805 g/mol. The highest BCUT2D eigenvalue weighted by Gasteiger charge is 2.61. The van der Waals surface area contributed by atoms with Gasteiger partial charge in [0.15, 0.2) is 5.78 Å². The molecule has 3 aliphatic carbocycles. The van der Waals surface area contributed by atoms with Crippen molar-refractivity contribution in [2.45, 2.75) is 140 Å². The highest BCUT2D eigenvalue weighted by atomic mass is 32.2. The van der Waals surface area contributed by atoms with Gasteiger partial charge in [-0.2, -0.15) is 4.98 Å². The third-order valence-electron chi connectivity index (χ3n) is 12.8. The number of esters is 1. The first kappa shape index (κ1) is 40.9. The molecule has 0 unspecified atom stereocenters. The molecule has 2 aromatic heterocycles. The molecule has 57 heavy (non-hydrogen) atoms. The van der Waals surface area contributed by atoms with Gasteiger partial charge in [-0.15, -0.1) is 6.58 Å². The third kappa shape index (κ3) is 9.05. The molecule has 2 aliphatic heterocycles. The van der Waals surface area contributed by atoms with Crippen molar-refractivity contribution in [2.75, 3.05) is 6.54 Å². The quantitative estimate of drug-likeness (QED) is 0.167. The minimum Gasteiger partial charge on any atom is -0.472 e. The Hall–Kier alpha value is -4.33. The lowest BCUT2D eigenvalue weighted by molar-refractivity contribution is -0.155. The molecule has 1 N–H and O–H groups in total. The Balaban J connectivity index is 1.23. The van der Waals surface area contributed by atoms with Crippen LogP contribution in [0.1, 0.15) is 115 Å². The first-order valence-corrected chi connectivity index (χ1v) is 22.5. The highest BCUT2D eigenvalue weighted by Crippen LogP contribution is 2.57. The number of fused-ring (bicyclic) bond motifs is 5. The Labute approximate surface area is 334 Å². The highest BCUT2D eigenvalue weighted by molar-refractivity contribution is 7.90. The van der Waals surface area contributed by atoms with Gasteiger partial charge in [0.25, 0.3) is 5.56 Å². The van der Waals surface area contributed by atoms with Crippen LogP contribution in [-0.4, -0.2) is 76.3 Å². The summed E-state index contributed by atoms with van der Waals surface area (Å²) in [7, 11) is -3.87. The molecule has 3 saturated carbocycles. The monoisotopic (exact) mass is 804 g/mol. The number of Topliss-reactive ketones (excluding diaryl/α,β-unsaturated/α-hetero) is 1. The van der Waals surface area contributed by atoms with Crippen LogP contribution in [0.4, 0.5) is 0 Å². The number of rotatable bonds is 12. The molecule has 0 aromatic carbocycles. The minimum absolute atomic E-state index is 0.00823. The predicted molar refractivity (Wildman–Crippen MR) is 213 cm³/mol. The maximum atomic E-state index is 14.8. The molecular formula is C43H56N4O9S. The molecule has 2 aromatic rings. The predicted octanol–water partition coefficient (Wildman–Crippen LogP) is 5.38. The number of nitrogens with one attached hydrogen (secondary N) is 1. The minimum atomic E-state index is -3.87. The van der Waals surface area contributed by atoms with Crippen LogP contribution < -0.4 is 15.0 Å². The summed E-state index contributed by atoms with van der Waals surface area (Å²) >= 11 is 0. The maximum Gasteiger partial charge on any atom is 0.306 e. The number of aromatic nitrogens is 2. The molecule has 7 atom stereocenters. The van der Waals surface area contributed by atoms with Gasteiger partial charge in [0.2, 0.25) is 27.7 Å². The SMILES string of the molecule is C=C[C@H]1C[C@]1(CC(=O)[C@@H]1C[C@@H]2CN1C(=O)[C@H](CCCCCC)CC(=O)O[C@@H]1CCC[C@H]1CC/C=C/Cc1c(nc3ccccn3c1=O)O2)C(=O)NS(=O)(=O)C1CC1. The Kier molecular flexibility index (Phi) is 12.4. The maximum absolute atomic E-state index is 14.8. The number of ketones is 1. The van der Waals surface area contributed by atoms with E-state index in [1.54, 1.807) is 30.5 Å². The topological polar surface area (TPSA) is 171 Å². The molecular weight excluding hydrogens is 749 g/mol. The largest absolute Gasteiger partial charge is 0.472 e. The zero-order valence-corrected chi connectivity index (χ0v) is 33.8. The summed E-state index contributed by atoms with van der Waals surface area (Å²) in [6, 6.07) is 4.21. The second-order valence-electron chi connectivity index (χ2n) is 16.9. The number of amides is 2. The molecule has 5 aliphatic rings. The van der Waals surface area contributed by atoms with E-state index in [0.717, 1.165) is 57.8 Å². The van der Waals surface area contributed by atoms with Crippen molar-refractivity contribution in [3.05, 3.63) is 65.1 Å². The van der Waals surface area contributed by atoms with Gasteiger partial charge in [0.1, 0.15) is 17.9 Å². The zero-order valence-electron chi connectivity index (χ0n) is 32.9. The number of hydrogen-bond acceptors (Lipinski definition) is 10. The number of unbranched alkanes of at least 4 members (excludes halogenated alkanes) is 3. The summed E-state index contributed by atoms with van der Waals surface area (Å²) in [5.74, 6) is -2.75. The van der Waals surface area contributed by atoms with E-state index in [9.17, 15) is 32.4 Å². The van der Waals surface area contributed by atoms with Crippen LogP contribution in [0.15, 0.2) is 54.0 Å². The molecule has 2 amide bonds. The summed E-state index contributed by atoms with van der Waals surface area (Å²) in [6.07, 6.45) is 15.6. The Morgan fingerprint density at radius 3 is 2.63 bits per heavy atom. The van der Waals surface area contributed by atoms with Crippen molar-refractivity contribution in [3.8, 4) is 5.88 Å². The van der Waals surface area contributed by atoms with Crippen molar-refractivity contribution < 1.29 is 37.1 Å². The second-order valence-corrected chi connectivity index (χ2v) is 18.8. The molecule has 2 bridgehead atoms. The fourth-order valence-electron chi connectivity index (χ4n) is 9.18. The van der Waals surface area contributed by atoms with Crippen LogP contribution in [-0.2, 0) is 40.4 Å². The number of allylic oxidation sites excluding steroid dienone is 3. The second kappa shape index (κ2) is 17.3. The number of carbonyl (C=O) groups is 4. The van der Waals surface area contributed by atoms with E-state index < -0.39 is 62.3 Å². The van der Waals surface area contributed by atoms with Gasteiger partial charge < -0.3 is 14.4 Å². The summed E-state index contributed by atoms with van der Waals surface area (Å²) in [6.45, 7) is 5.93. The van der Waals surface area contributed by atoms with Gasteiger partial charge in [-0.05, 0) is 81.8 Å². The van der Waals surface area contributed by atoms with Crippen molar-refractivity contribution in [1.29, 1.82) is 0 Å². The van der Waals surface area contributed by atoms with Gasteiger partial charge in [-0.25, -0.2) is 8.42 Å². The fourth-order valence-corrected chi connectivity index (χ4v) is 10.6. The van der Waals surface area contributed by atoms with Crippen LogP contribution in [0.25, 0.3) is 5.65 Å². The van der Waals surface area contributed by atoms with Gasteiger partial charge in [0.05, 0.1) is 35.2 Å². The van der Waals surface area contributed by atoms with Crippen LogP contribution >= 0.6 is 0 Å². The molecule has 0 spiro atoms. The van der Waals surface area contributed by atoms with E-state index in [1.165, 1.54) is 9.30 Å². The van der Waals surface area contributed by atoms with Crippen molar-refractivity contribution in [1.82, 2.24) is 19.0 Å². The zero-order chi connectivity index (χ0) is 40.3. The van der Waals surface area contributed by atoms with Crippen molar-refractivity contribution in [2.24, 2.45) is 23.2 Å². The molecule has 4 heterocycles. The Bertz CT molecular complexity index is 2080. The van der Waals surface area contributed by atoms with Crippen molar-refractivity contribution in [3.63, 3.8) is 0 Å². The van der Waals surface area contributed by atoms with E-state index in [4.69, 9.17) is 14.5 Å². The lowest BCUT2D eigenvalue weighted by Crippen LogP contribution is -2.46. The number of ether oxygens (including phenoxy) is 2. The molecule has 1 saturated heterocycles. The molecule has 0 radical (unpaired) electrons. The van der Waals surface area contributed by atoms with E-state index in [0.29, 0.717) is 30.5 Å². The van der Waals surface area contributed by atoms with E-state index >= 15 is 0 Å².